The van der Waals surface area contributed by atoms with Crippen molar-refractivity contribution in [3.8, 4) is 0 Å². The molecule has 22 nitrogen and oxygen atoms in total. The molecule has 0 aliphatic heterocycles. The molecule has 0 aliphatic rings. The number of nitrogens with zero attached hydrogens (tertiary/aromatic N) is 4. The molecule has 0 aromatic rings. The van der Waals surface area contributed by atoms with E-state index in [-0.39, 0.29) is 155 Å². The summed E-state index contributed by atoms with van der Waals surface area (Å²) in [6, 6.07) is 0. The van der Waals surface area contributed by atoms with Gasteiger partial charge in [-0.3, -0.25) is 38.8 Å². The van der Waals surface area contributed by atoms with Crippen LogP contribution >= 0.6 is 0 Å². The van der Waals surface area contributed by atoms with Crippen molar-refractivity contribution >= 4 is 47.8 Å². The van der Waals surface area contributed by atoms with Gasteiger partial charge >= 0.3 is 142 Å². The van der Waals surface area contributed by atoms with E-state index < -0.39 is 100 Å². The Morgan fingerprint density at radius 1 is 0.348 bits per heavy atom. The third kappa shape index (κ3) is 45.6. The first-order valence-electron chi connectivity index (χ1n) is 11.0. The van der Waals surface area contributed by atoms with Crippen LogP contribution in [0.3, 0.4) is 0 Å². The number of hydrogen-bond acceptors (Lipinski definition) is 16. The molecular weight excluding hydrogens is 676 g/mol. The first-order valence-corrected chi connectivity index (χ1v) is 11.0. The summed E-state index contributed by atoms with van der Waals surface area (Å²) in [5, 5.41) is 76.1. The van der Waals surface area contributed by atoms with Gasteiger partial charge in [-0.1, -0.05) is 0 Å². The minimum Gasteiger partial charge on any atom is -0.549 e. The molecule has 0 heterocycles. The van der Waals surface area contributed by atoms with Gasteiger partial charge in [0.15, 0.2) is 0 Å². The Bertz CT molecular complexity index is 725. The van der Waals surface area contributed by atoms with E-state index >= 15 is 0 Å². The number of carbonyl (C=O) groups is 8. The molecule has 0 aliphatic carbocycles. The Morgan fingerprint density at radius 3 is 0.587 bits per heavy atom. The predicted molar refractivity (Wildman–Crippen MR) is 124 cm³/mol. The number of carboxylic acids is 8. The fourth-order valence-corrected chi connectivity index (χ4v) is 2.92. The minimum atomic E-state index is -1.53. The van der Waals surface area contributed by atoms with Crippen LogP contribution in [0.2, 0.25) is 0 Å². The molecule has 0 bridgehead atoms. The molecule has 0 saturated heterocycles. The summed E-state index contributed by atoms with van der Waals surface area (Å²) in [7, 11) is 0. The number of carbonyl (C=O) groups excluding carboxylic acids is 4. The zero-order chi connectivity index (χ0) is 31.4. The van der Waals surface area contributed by atoms with Crippen LogP contribution in [-0.2, 0) is 38.4 Å². The topological polar surface area (TPSA) is 386 Å². The number of carboxylic acid groups (broad SMARTS) is 8. The Morgan fingerprint density at radius 2 is 0.478 bits per heavy atom. The molecule has 0 radical (unpaired) electrons. The van der Waals surface area contributed by atoms with E-state index in [1.54, 1.807) is 0 Å². The van der Waals surface area contributed by atoms with Gasteiger partial charge in [0, 0.05) is 52.4 Å². The van der Waals surface area contributed by atoms with Crippen LogP contribution in [0.25, 0.3) is 0 Å². The van der Waals surface area contributed by atoms with E-state index in [2.05, 4.69) is 0 Å². The van der Waals surface area contributed by atoms with Crippen LogP contribution in [0.5, 0.6) is 0 Å². The van der Waals surface area contributed by atoms with Gasteiger partial charge < -0.3 is 71.0 Å². The average molecular weight is 708 g/mol. The van der Waals surface area contributed by atoms with Crippen LogP contribution in [-0.4, -0.2) is 177 Å². The maximum absolute atomic E-state index is 10.6. The molecule has 0 spiro atoms. The smallest absolute Gasteiger partial charge is 0.549 e. The standard InChI is InChI=1S/2C10H16N2O8.4Na.2H2O/c2*13-7(14)3-11(4-8(15)16)1-2-12(5-9(17)18)6-10(19)20;;;;;;/h2*1-6H2,(H,13,14)(H,15,16)(H,17,18)(H,19,20);;;;;2*1H2/q;;4*+1;;/p-4. The van der Waals surface area contributed by atoms with Gasteiger partial charge in [0.1, 0.15) is 0 Å². The Hall–Kier alpha value is -0.480. The zero-order valence-electron chi connectivity index (χ0n) is 26.0. The summed E-state index contributed by atoms with van der Waals surface area (Å²) in [4.78, 5) is 87.8. The Labute approximate surface area is 350 Å². The van der Waals surface area contributed by atoms with Gasteiger partial charge in [-0.05, 0) is 0 Å². The summed E-state index contributed by atoms with van der Waals surface area (Å²) in [6.45, 7) is -5.50. The average Bonchev–Trinajstić information content (AvgIpc) is 2.72. The second kappa shape index (κ2) is 37.3. The summed E-state index contributed by atoms with van der Waals surface area (Å²) >= 11 is 0. The van der Waals surface area contributed by atoms with E-state index in [0.717, 1.165) is 19.6 Å². The van der Waals surface area contributed by atoms with E-state index in [0.29, 0.717) is 0 Å². The van der Waals surface area contributed by atoms with E-state index in [1.807, 2.05) is 0 Å². The van der Waals surface area contributed by atoms with Crippen molar-refractivity contribution in [1.82, 2.24) is 19.6 Å². The Kier molecular flexibility index (Phi) is 52.0. The summed E-state index contributed by atoms with van der Waals surface area (Å²) < 4.78 is 0. The summed E-state index contributed by atoms with van der Waals surface area (Å²) in [6.07, 6.45) is 0. The molecule has 0 rings (SSSR count). The second-order valence-corrected chi connectivity index (χ2v) is 7.91. The maximum atomic E-state index is 10.6. The first kappa shape index (κ1) is 64.1. The first-order chi connectivity index (χ1) is 18.4. The number of aliphatic carboxylic acids is 8. The quantitative estimate of drug-likeness (QED) is 0.0758. The second-order valence-electron chi connectivity index (χ2n) is 7.91. The van der Waals surface area contributed by atoms with Gasteiger partial charge in [-0.25, -0.2) is 0 Å². The van der Waals surface area contributed by atoms with Crippen LogP contribution < -0.4 is 139 Å². The number of rotatable bonds is 22. The van der Waals surface area contributed by atoms with Gasteiger partial charge in [0.2, 0.25) is 0 Å². The third-order valence-electron chi connectivity index (χ3n) is 4.31. The SMILES string of the molecule is O.O.O=C(O)CN(CCN(CC(=O)O)CC(=O)O)CC(=O)O.O=C([O-])CN(CCN(CC(=O)[O-])CC(=O)[O-])CC(=O)[O-].[Na+].[Na+].[Na+].[Na+]. The molecule has 46 heavy (non-hydrogen) atoms. The van der Waals surface area contributed by atoms with Crippen molar-refractivity contribution in [3.63, 3.8) is 0 Å². The predicted octanol–water partition coefficient (Wildman–Crippen LogP) is -23.1. The van der Waals surface area contributed by atoms with Crippen molar-refractivity contribution < 1.29 is 208 Å². The van der Waals surface area contributed by atoms with E-state index in [9.17, 15) is 58.8 Å². The van der Waals surface area contributed by atoms with Crippen molar-refractivity contribution in [2.75, 3.05) is 78.5 Å². The molecule has 0 saturated carbocycles. The van der Waals surface area contributed by atoms with E-state index in [4.69, 9.17) is 20.4 Å². The molecule has 0 atom stereocenters. The largest absolute Gasteiger partial charge is 1.00 e. The fourth-order valence-electron chi connectivity index (χ4n) is 2.92. The normalized spacial score (nSPS) is 9.30. The monoisotopic (exact) mass is 708 g/mol. The van der Waals surface area contributed by atoms with Crippen LogP contribution in [0, 0.1) is 0 Å². The van der Waals surface area contributed by atoms with Gasteiger partial charge in [0.05, 0.1) is 50.1 Å². The molecule has 0 aromatic carbocycles. The van der Waals surface area contributed by atoms with Crippen molar-refractivity contribution in [2.45, 2.75) is 0 Å². The van der Waals surface area contributed by atoms with Gasteiger partial charge in [0.25, 0.3) is 0 Å². The minimum absolute atomic E-state index is 0. The number of hydrogen-bond donors (Lipinski definition) is 4. The molecule has 244 valence electrons. The Balaban J connectivity index is -0.0000000926. The summed E-state index contributed by atoms with van der Waals surface area (Å²) in [5.74, 6) is -11.0. The zero-order valence-corrected chi connectivity index (χ0v) is 34.0. The van der Waals surface area contributed by atoms with Crippen LogP contribution in [0.4, 0.5) is 0 Å². The van der Waals surface area contributed by atoms with Crippen LogP contribution in [0.1, 0.15) is 0 Å². The summed E-state index contributed by atoms with van der Waals surface area (Å²) in [5.41, 5.74) is 0. The van der Waals surface area contributed by atoms with Crippen LogP contribution in [0.15, 0.2) is 0 Å². The molecule has 0 fully saturated rings. The molecule has 8 N–H and O–H groups in total. The molecular formula is C20H32N4Na4O18. The van der Waals surface area contributed by atoms with Crippen molar-refractivity contribution in [2.24, 2.45) is 0 Å². The van der Waals surface area contributed by atoms with E-state index in [1.165, 1.54) is 0 Å². The van der Waals surface area contributed by atoms with Crippen molar-refractivity contribution in [3.05, 3.63) is 0 Å². The molecule has 0 amide bonds. The third-order valence-corrected chi connectivity index (χ3v) is 4.31. The fraction of sp³-hybridized carbons (Fsp3) is 0.600. The molecule has 26 heteroatoms. The van der Waals surface area contributed by atoms with Gasteiger partial charge in [-0.2, -0.15) is 0 Å². The maximum Gasteiger partial charge on any atom is 1.00 e. The molecule has 0 aromatic heterocycles. The van der Waals surface area contributed by atoms with Gasteiger partial charge in [-0.15, -0.1) is 0 Å². The van der Waals surface area contributed by atoms with Crippen molar-refractivity contribution in [1.29, 1.82) is 0 Å². The molecule has 0 unspecified atom stereocenters.